The third-order valence-corrected chi connectivity index (χ3v) is 3.18. The Morgan fingerprint density at radius 1 is 1.60 bits per heavy atom. The zero-order valence-corrected chi connectivity index (χ0v) is 11.5. The number of hydrogen-bond donors (Lipinski definition) is 1. The van der Waals surface area contributed by atoms with Crippen LogP contribution in [0.4, 0.5) is 0 Å². The van der Waals surface area contributed by atoms with E-state index in [1.807, 2.05) is 6.92 Å². The molecule has 20 heavy (non-hydrogen) atoms. The van der Waals surface area contributed by atoms with Crippen LogP contribution in [0.5, 0.6) is 0 Å². The number of nitrogens with zero attached hydrogens (tertiary/aromatic N) is 2. The molecule has 0 spiro atoms. The molecule has 1 aliphatic heterocycles. The Kier molecular flexibility index (Phi) is 5.10. The predicted molar refractivity (Wildman–Crippen MR) is 74.1 cm³/mol. The van der Waals surface area contributed by atoms with Crippen molar-refractivity contribution in [1.29, 1.82) is 0 Å². The number of aromatic nitrogens is 1. The van der Waals surface area contributed by atoms with Crippen molar-refractivity contribution in [2.45, 2.75) is 19.4 Å². The summed E-state index contributed by atoms with van der Waals surface area (Å²) < 4.78 is 5.55. The topological polar surface area (TPSA) is 62.7 Å². The van der Waals surface area contributed by atoms with Crippen molar-refractivity contribution in [1.82, 2.24) is 9.88 Å². The van der Waals surface area contributed by atoms with E-state index in [2.05, 4.69) is 16.8 Å². The van der Waals surface area contributed by atoms with E-state index < -0.39 is 0 Å². The largest absolute Gasteiger partial charge is 0.384 e. The number of carbonyl (C=O) groups excluding carboxylic acids is 1. The lowest BCUT2D eigenvalue weighted by atomic mass is 10.2. The van der Waals surface area contributed by atoms with E-state index in [9.17, 15) is 4.79 Å². The van der Waals surface area contributed by atoms with Gasteiger partial charge in [-0.2, -0.15) is 0 Å². The molecule has 0 aromatic carbocycles. The van der Waals surface area contributed by atoms with Crippen LogP contribution in [0.25, 0.3) is 0 Å². The zero-order valence-electron chi connectivity index (χ0n) is 11.5. The normalized spacial score (nSPS) is 18.3. The summed E-state index contributed by atoms with van der Waals surface area (Å²) in [7, 11) is 0. The summed E-state index contributed by atoms with van der Waals surface area (Å²) in [4.78, 5) is 18.2. The van der Waals surface area contributed by atoms with Crippen molar-refractivity contribution in [3.05, 3.63) is 29.6 Å². The van der Waals surface area contributed by atoms with Gasteiger partial charge in [0.15, 0.2) is 0 Å². The van der Waals surface area contributed by atoms with E-state index >= 15 is 0 Å². The Morgan fingerprint density at radius 2 is 2.45 bits per heavy atom. The number of morpholine rings is 1. The number of aliphatic hydroxyl groups is 1. The molecule has 2 heterocycles. The first-order valence-corrected chi connectivity index (χ1v) is 6.71. The average molecular weight is 274 g/mol. The second-order valence-corrected chi connectivity index (χ2v) is 4.54. The lowest BCUT2D eigenvalue weighted by Crippen LogP contribution is -2.45. The molecule has 5 heteroatoms. The van der Waals surface area contributed by atoms with Gasteiger partial charge in [0.2, 0.25) is 0 Å². The van der Waals surface area contributed by atoms with Gasteiger partial charge in [-0.1, -0.05) is 18.8 Å². The molecule has 1 unspecified atom stereocenters. The fourth-order valence-electron chi connectivity index (χ4n) is 2.05. The molecule has 1 aliphatic rings. The van der Waals surface area contributed by atoms with Gasteiger partial charge in [0.25, 0.3) is 5.91 Å². The molecule has 2 rings (SSSR count). The van der Waals surface area contributed by atoms with Crippen LogP contribution in [0.1, 0.15) is 29.4 Å². The summed E-state index contributed by atoms with van der Waals surface area (Å²) in [5, 5.41) is 8.62. The molecule has 1 fully saturated rings. The third-order valence-electron chi connectivity index (χ3n) is 3.18. The van der Waals surface area contributed by atoms with E-state index in [0.29, 0.717) is 31.0 Å². The van der Waals surface area contributed by atoms with Crippen molar-refractivity contribution in [2.24, 2.45) is 0 Å². The third kappa shape index (κ3) is 3.56. The lowest BCUT2D eigenvalue weighted by Gasteiger charge is -2.32. The van der Waals surface area contributed by atoms with Crippen molar-refractivity contribution in [3.63, 3.8) is 0 Å². The highest BCUT2D eigenvalue weighted by Gasteiger charge is 2.24. The van der Waals surface area contributed by atoms with Crippen LogP contribution in [-0.4, -0.2) is 53.3 Å². The molecule has 0 aliphatic carbocycles. The summed E-state index contributed by atoms with van der Waals surface area (Å²) >= 11 is 0. The van der Waals surface area contributed by atoms with E-state index in [0.717, 1.165) is 6.42 Å². The number of pyridine rings is 1. The summed E-state index contributed by atoms with van der Waals surface area (Å²) in [6.45, 7) is 3.65. The molecule has 0 saturated carbocycles. The van der Waals surface area contributed by atoms with Gasteiger partial charge in [0, 0.05) is 24.8 Å². The van der Waals surface area contributed by atoms with Crippen LogP contribution in [-0.2, 0) is 4.74 Å². The standard InChI is InChI=1S/C15H18N2O3/c1-2-13-11-17(7-9-20-13)15(19)14-6-5-12(10-16-14)4-3-8-18/h5-6,10,13,18H,2,7-9,11H2,1H3. The maximum absolute atomic E-state index is 12.3. The SMILES string of the molecule is CCC1CN(C(=O)c2ccc(C#CCO)cn2)CCO1. The number of rotatable bonds is 2. The smallest absolute Gasteiger partial charge is 0.272 e. The van der Waals surface area contributed by atoms with E-state index in [-0.39, 0.29) is 18.6 Å². The predicted octanol–water partition coefficient (Wildman–Crippen LogP) is 0.676. The van der Waals surface area contributed by atoms with E-state index in [1.165, 1.54) is 0 Å². The van der Waals surface area contributed by atoms with Crippen molar-refractivity contribution >= 4 is 5.91 Å². The molecular weight excluding hydrogens is 256 g/mol. The van der Waals surface area contributed by atoms with Gasteiger partial charge < -0.3 is 14.7 Å². The number of carbonyl (C=O) groups is 1. The summed E-state index contributed by atoms with van der Waals surface area (Å²) in [6.07, 6.45) is 2.56. The fourth-order valence-corrected chi connectivity index (χ4v) is 2.05. The molecule has 1 N–H and O–H groups in total. The van der Waals surface area contributed by atoms with Crippen LogP contribution >= 0.6 is 0 Å². The van der Waals surface area contributed by atoms with Crippen molar-refractivity contribution in [2.75, 3.05) is 26.3 Å². The van der Waals surface area contributed by atoms with Crippen molar-refractivity contribution in [3.8, 4) is 11.8 Å². The first-order chi connectivity index (χ1) is 9.74. The number of amides is 1. The highest BCUT2D eigenvalue weighted by Crippen LogP contribution is 2.11. The number of aliphatic hydroxyl groups excluding tert-OH is 1. The van der Waals surface area contributed by atoms with Crippen LogP contribution in [0.3, 0.4) is 0 Å². The van der Waals surface area contributed by atoms with Gasteiger partial charge in [0.05, 0.1) is 12.7 Å². The zero-order chi connectivity index (χ0) is 14.4. The fraction of sp³-hybridized carbons (Fsp3) is 0.467. The van der Waals surface area contributed by atoms with E-state index in [4.69, 9.17) is 9.84 Å². The minimum absolute atomic E-state index is 0.0755. The number of ether oxygens (including phenoxy) is 1. The van der Waals surface area contributed by atoms with Crippen molar-refractivity contribution < 1.29 is 14.6 Å². The molecule has 106 valence electrons. The van der Waals surface area contributed by atoms with Crippen LogP contribution in [0.2, 0.25) is 0 Å². The molecule has 0 radical (unpaired) electrons. The summed E-state index contributed by atoms with van der Waals surface area (Å²) in [5.41, 5.74) is 1.10. The molecule has 1 aromatic rings. The maximum Gasteiger partial charge on any atom is 0.272 e. The Balaban J connectivity index is 2.05. The van der Waals surface area contributed by atoms with Crippen LogP contribution < -0.4 is 0 Å². The first-order valence-electron chi connectivity index (χ1n) is 6.71. The molecule has 0 bridgehead atoms. The Labute approximate surface area is 118 Å². The van der Waals surface area contributed by atoms with Gasteiger partial charge >= 0.3 is 0 Å². The Hall–Kier alpha value is -1.90. The Morgan fingerprint density at radius 3 is 3.10 bits per heavy atom. The highest BCUT2D eigenvalue weighted by molar-refractivity contribution is 5.92. The number of hydrogen-bond acceptors (Lipinski definition) is 4. The van der Waals surface area contributed by atoms with Crippen LogP contribution in [0, 0.1) is 11.8 Å². The van der Waals surface area contributed by atoms with Gasteiger partial charge in [-0.25, -0.2) is 4.98 Å². The maximum atomic E-state index is 12.3. The van der Waals surface area contributed by atoms with Gasteiger partial charge in [-0.15, -0.1) is 0 Å². The molecule has 1 saturated heterocycles. The van der Waals surface area contributed by atoms with E-state index in [1.54, 1.807) is 23.2 Å². The minimum Gasteiger partial charge on any atom is -0.384 e. The minimum atomic E-state index is -0.188. The van der Waals surface area contributed by atoms with Gasteiger partial charge in [0.1, 0.15) is 12.3 Å². The highest BCUT2D eigenvalue weighted by atomic mass is 16.5. The second-order valence-electron chi connectivity index (χ2n) is 4.54. The van der Waals surface area contributed by atoms with Crippen LogP contribution in [0.15, 0.2) is 18.3 Å². The molecule has 1 atom stereocenters. The van der Waals surface area contributed by atoms with Gasteiger partial charge in [-0.05, 0) is 18.6 Å². The average Bonchev–Trinajstić information content (AvgIpc) is 2.52. The summed E-state index contributed by atoms with van der Waals surface area (Å²) in [6, 6.07) is 3.40. The molecule has 1 amide bonds. The second kappa shape index (κ2) is 7.04. The van der Waals surface area contributed by atoms with Gasteiger partial charge in [-0.3, -0.25) is 4.79 Å². The quantitative estimate of drug-likeness (QED) is 0.805. The molecule has 5 nitrogen and oxygen atoms in total. The molecular formula is C15H18N2O3. The molecule has 1 aromatic heterocycles. The monoisotopic (exact) mass is 274 g/mol. The summed E-state index contributed by atoms with van der Waals surface area (Å²) in [5.74, 6) is 5.22. The Bertz CT molecular complexity index is 516. The lowest BCUT2D eigenvalue weighted by molar-refractivity contribution is -0.0228. The first kappa shape index (κ1) is 14.5.